The molecule has 0 unspecified atom stereocenters. The highest BCUT2D eigenvalue weighted by Crippen LogP contribution is 2.35. The number of aliphatic hydroxyl groups is 2. The number of aryl methyl sites for hydroxylation is 1. The van der Waals surface area contributed by atoms with Crippen LogP contribution < -0.4 is 16.0 Å². The maximum atomic E-state index is 14.3. The van der Waals surface area contributed by atoms with E-state index in [0.717, 1.165) is 32.6 Å². The highest BCUT2D eigenvalue weighted by atomic mass is 32.1. The van der Waals surface area contributed by atoms with Gasteiger partial charge in [-0.05, 0) is 44.9 Å². The number of hydrogen-bond acceptors (Lipinski definition) is 9. The summed E-state index contributed by atoms with van der Waals surface area (Å²) >= 11 is 1.04. The summed E-state index contributed by atoms with van der Waals surface area (Å²) in [5.41, 5.74) is -4.93. The molecule has 13 heteroatoms. The molecule has 11 nitrogen and oxygen atoms in total. The van der Waals surface area contributed by atoms with E-state index in [1.165, 1.54) is 44.2 Å². The summed E-state index contributed by atoms with van der Waals surface area (Å²) in [4.78, 5) is 42.9. The van der Waals surface area contributed by atoms with E-state index in [1.54, 1.807) is 6.92 Å². The monoisotopic (exact) mass is 573 g/mol. The second-order valence-electron chi connectivity index (χ2n) is 10.7. The molecule has 4 aromatic rings. The molecule has 1 atom stereocenters. The molecule has 0 aliphatic carbocycles. The summed E-state index contributed by atoms with van der Waals surface area (Å²) in [5, 5.41) is 30.9. The van der Waals surface area contributed by atoms with Gasteiger partial charge in [0.2, 0.25) is 0 Å². The average molecular weight is 574 g/mol. The molecule has 0 bridgehead atoms. The summed E-state index contributed by atoms with van der Waals surface area (Å²) in [7, 11) is 1.33. The zero-order valence-corrected chi connectivity index (χ0v) is 24.0. The van der Waals surface area contributed by atoms with Crippen molar-refractivity contribution in [3.05, 3.63) is 68.4 Å². The van der Waals surface area contributed by atoms with Gasteiger partial charge in [-0.15, -0.1) is 4.80 Å². The van der Waals surface area contributed by atoms with Crippen molar-refractivity contribution in [2.24, 2.45) is 5.92 Å². The summed E-state index contributed by atoms with van der Waals surface area (Å²) in [6.45, 7) is 6.91. The van der Waals surface area contributed by atoms with Crippen LogP contribution in [0.2, 0.25) is 0 Å². The van der Waals surface area contributed by atoms with Crippen molar-refractivity contribution < 1.29 is 24.1 Å². The van der Waals surface area contributed by atoms with Crippen LogP contribution in [0, 0.1) is 18.7 Å². The molecule has 1 aromatic carbocycles. The Kier molecular flexibility index (Phi) is 7.85. The lowest BCUT2D eigenvalue weighted by atomic mass is 9.91. The number of aliphatic hydroxyl groups excluding tert-OH is 1. The zero-order chi connectivity index (χ0) is 29.6. The number of halogens is 1. The molecular formula is C27H32FN5O6S. The standard InChI is InChI=1S/C27H32FN5O6S/c1-15(2)11-20(35)26(4,5)32-22(36)21-16(3)23(33-29-9-10-30-33)40-24(21)31(25(32)37)13-27(38,14-34)18-12-17(28)7-8-19(18)39-6/h7-10,12,15,34,38H,11,13-14H2,1-6H3/t27-/m0/s1. The zero-order valence-electron chi connectivity index (χ0n) is 23.1. The lowest BCUT2D eigenvalue weighted by Crippen LogP contribution is -2.54. The van der Waals surface area contributed by atoms with Crippen molar-refractivity contribution in [3.8, 4) is 10.8 Å². The quantitative estimate of drug-likeness (QED) is 0.295. The molecule has 0 saturated carbocycles. The molecule has 214 valence electrons. The van der Waals surface area contributed by atoms with E-state index in [-0.39, 0.29) is 39.7 Å². The summed E-state index contributed by atoms with van der Waals surface area (Å²) in [6, 6.07) is 3.46. The Bertz CT molecular complexity index is 1690. The van der Waals surface area contributed by atoms with Crippen LogP contribution in [0.15, 0.2) is 40.2 Å². The van der Waals surface area contributed by atoms with Crippen LogP contribution in [0.25, 0.3) is 15.2 Å². The van der Waals surface area contributed by atoms with E-state index in [1.807, 2.05) is 13.8 Å². The Hall–Kier alpha value is -3.68. The smallest absolute Gasteiger partial charge is 0.333 e. The molecule has 0 saturated heterocycles. The number of ketones is 1. The molecule has 40 heavy (non-hydrogen) atoms. The normalized spacial score (nSPS) is 13.7. The largest absolute Gasteiger partial charge is 0.496 e. The number of hydrogen-bond donors (Lipinski definition) is 2. The van der Waals surface area contributed by atoms with E-state index >= 15 is 0 Å². The van der Waals surface area contributed by atoms with Crippen molar-refractivity contribution >= 4 is 27.3 Å². The molecule has 0 amide bonds. The topological polar surface area (TPSA) is 141 Å². The predicted molar refractivity (Wildman–Crippen MR) is 148 cm³/mol. The van der Waals surface area contributed by atoms with Crippen molar-refractivity contribution in [2.45, 2.75) is 58.7 Å². The second-order valence-corrected chi connectivity index (χ2v) is 11.6. The third-order valence-electron chi connectivity index (χ3n) is 6.97. The number of thiophene rings is 1. The maximum absolute atomic E-state index is 14.3. The van der Waals surface area contributed by atoms with E-state index in [4.69, 9.17) is 4.74 Å². The van der Waals surface area contributed by atoms with Gasteiger partial charge in [0, 0.05) is 17.5 Å². The predicted octanol–water partition coefficient (Wildman–Crippen LogP) is 2.49. The lowest BCUT2D eigenvalue weighted by molar-refractivity contribution is -0.127. The molecule has 0 aliphatic heterocycles. The number of Topliss-reactive ketones (excluding diaryl/α,β-unsaturated/α-hetero) is 1. The Balaban J connectivity index is 2.08. The fraction of sp³-hybridized carbons (Fsp3) is 0.444. The second kappa shape index (κ2) is 10.7. The molecule has 3 aromatic heterocycles. The Morgan fingerprint density at radius 2 is 1.85 bits per heavy atom. The van der Waals surface area contributed by atoms with Gasteiger partial charge in [0.1, 0.15) is 32.5 Å². The van der Waals surface area contributed by atoms with Gasteiger partial charge in [0.15, 0.2) is 5.78 Å². The van der Waals surface area contributed by atoms with Crippen LogP contribution in [-0.4, -0.2) is 53.8 Å². The van der Waals surface area contributed by atoms with E-state index in [2.05, 4.69) is 10.2 Å². The van der Waals surface area contributed by atoms with E-state index in [9.17, 15) is 29.0 Å². The Labute approximate surface area is 233 Å². The first kappa shape index (κ1) is 29.3. The molecule has 0 aliphatic rings. The maximum Gasteiger partial charge on any atom is 0.333 e. The number of benzene rings is 1. The number of nitrogens with zero attached hydrogens (tertiary/aromatic N) is 5. The summed E-state index contributed by atoms with van der Waals surface area (Å²) < 4.78 is 21.6. The number of carbonyl (C=O) groups is 1. The molecular weight excluding hydrogens is 541 g/mol. The van der Waals surface area contributed by atoms with Crippen molar-refractivity contribution in [2.75, 3.05) is 13.7 Å². The number of carbonyl (C=O) groups excluding carboxylic acids is 1. The van der Waals surface area contributed by atoms with Gasteiger partial charge < -0.3 is 14.9 Å². The minimum Gasteiger partial charge on any atom is -0.496 e. The van der Waals surface area contributed by atoms with Gasteiger partial charge in [0.05, 0.1) is 38.0 Å². The number of methoxy groups -OCH3 is 1. The molecule has 0 fully saturated rings. The Morgan fingerprint density at radius 3 is 2.42 bits per heavy atom. The molecule has 0 radical (unpaired) electrons. The van der Waals surface area contributed by atoms with Gasteiger partial charge in [-0.25, -0.2) is 13.8 Å². The Morgan fingerprint density at radius 1 is 1.20 bits per heavy atom. The minimum atomic E-state index is -2.21. The molecule has 0 spiro atoms. The SMILES string of the molecule is COc1ccc(F)cc1[C@@](O)(CO)Cn1c(=O)n(C(C)(C)C(=O)CC(C)C)c(=O)c2c(C)c(-n3nccn3)sc21. The fourth-order valence-corrected chi connectivity index (χ4v) is 5.96. The number of ether oxygens (including phenoxy) is 1. The molecule has 3 heterocycles. The number of fused-ring (bicyclic) bond motifs is 1. The highest BCUT2D eigenvalue weighted by molar-refractivity contribution is 7.21. The van der Waals surface area contributed by atoms with Gasteiger partial charge in [-0.2, -0.15) is 10.2 Å². The number of aromatic nitrogens is 5. The summed E-state index contributed by atoms with van der Waals surface area (Å²) in [6.07, 6.45) is 3.05. The number of rotatable bonds is 10. The van der Waals surface area contributed by atoms with Crippen LogP contribution in [-0.2, 0) is 22.5 Å². The van der Waals surface area contributed by atoms with Crippen molar-refractivity contribution in [1.82, 2.24) is 24.1 Å². The van der Waals surface area contributed by atoms with Gasteiger partial charge in [-0.1, -0.05) is 25.2 Å². The third-order valence-corrected chi connectivity index (χ3v) is 8.25. The van der Waals surface area contributed by atoms with Crippen LogP contribution in [0.1, 0.15) is 45.2 Å². The van der Waals surface area contributed by atoms with Crippen molar-refractivity contribution in [1.29, 1.82) is 0 Å². The average Bonchev–Trinajstić information content (AvgIpc) is 3.54. The van der Waals surface area contributed by atoms with E-state index < -0.39 is 41.4 Å². The molecule has 4 rings (SSSR count). The first-order chi connectivity index (χ1) is 18.8. The molecule has 2 N–H and O–H groups in total. The van der Waals surface area contributed by atoms with Gasteiger partial charge >= 0.3 is 5.69 Å². The van der Waals surface area contributed by atoms with Crippen LogP contribution in [0.5, 0.6) is 5.75 Å². The lowest BCUT2D eigenvalue weighted by Gasteiger charge is -2.31. The van der Waals surface area contributed by atoms with Crippen LogP contribution in [0.4, 0.5) is 4.39 Å². The van der Waals surface area contributed by atoms with Gasteiger partial charge in [-0.3, -0.25) is 14.2 Å². The highest BCUT2D eigenvalue weighted by Gasteiger charge is 2.39. The first-order valence-corrected chi connectivity index (χ1v) is 13.4. The fourth-order valence-electron chi connectivity index (χ4n) is 4.75. The third kappa shape index (κ3) is 4.88. The van der Waals surface area contributed by atoms with Gasteiger partial charge in [0.25, 0.3) is 5.56 Å². The van der Waals surface area contributed by atoms with Crippen molar-refractivity contribution in [3.63, 3.8) is 0 Å². The summed E-state index contributed by atoms with van der Waals surface area (Å²) in [5.74, 6) is -0.941. The van der Waals surface area contributed by atoms with Crippen LogP contribution in [0.3, 0.4) is 0 Å². The minimum absolute atomic E-state index is 0.0197. The van der Waals surface area contributed by atoms with E-state index in [0.29, 0.717) is 10.6 Å². The first-order valence-electron chi connectivity index (χ1n) is 12.6. The van der Waals surface area contributed by atoms with Crippen LogP contribution >= 0.6 is 11.3 Å².